The van der Waals surface area contributed by atoms with Crippen molar-refractivity contribution < 1.29 is 38.2 Å². The maximum absolute atomic E-state index is 13.8. The van der Waals surface area contributed by atoms with Crippen molar-refractivity contribution in [2.24, 2.45) is 10.8 Å². The number of aryl methyl sites for hydroxylation is 1. The van der Waals surface area contributed by atoms with Gasteiger partial charge >= 0.3 is 0 Å². The van der Waals surface area contributed by atoms with Crippen molar-refractivity contribution in [3.8, 4) is 10.4 Å². The van der Waals surface area contributed by atoms with Crippen LogP contribution in [0.1, 0.15) is 83.4 Å². The molecule has 0 radical (unpaired) electrons. The van der Waals surface area contributed by atoms with Gasteiger partial charge in [-0.15, -0.1) is 11.3 Å². The maximum atomic E-state index is 13.8. The lowest BCUT2D eigenvalue weighted by atomic mass is 9.57. The van der Waals surface area contributed by atoms with Gasteiger partial charge in [-0.1, -0.05) is 45.0 Å². The van der Waals surface area contributed by atoms with Gasteiger partial charge in [0.2, 0.25) is 30.0 Å². The van der Waals surface area contributed by atoms with Gasteiger partial charge in [0.15, 0.2) is 0 Å². The molecule has 1 aromatic heterocycles. The van der Waals surface area contributed by atoms with Crippen molar-refractivity contribution in [2.75, 3.05) is 52.7 Å². The predicted molar refractivity (Wildman–Crippen MR) is 208 cm³/mol. The molecular formula is C40H58N6O8S. The van der Waals surface area contributed by atoms with Crippen molar-refractivity contribution in [1.29, 1.82) is 0 Å². The second-order valence-corrected chi connectivity index (χ2v) is 16.9. The molecule has 1 saturated heterocycles. The number of thiazole rings is 1. The first-order valence-corrected chi connectivity index (χ1v) is 20.3. The molecule has 6 rings (SSSR count). The number of nitrogens with one attached hydrogen (secondary N) is 4. The number of hydrogen-bond donors (Lipinski definition) is 4. The molecule has 4 N–H and O–H groups in total. The molecule has 302 valence electrons. The van der Waals surface area contributed by atoms with E-state index in [1.807, 2.05) is 57.5 Å². The van der Waals surface area contributed by atoms with Gasteiger partial charge in [0.05, 0.1) is 49.1 Å². The number of likely N-dealkylation sites (tertiary alicyclic amines) is 1. The fourth-order valence-corrected chi connectivity index (χ4v) is 8.69. The standard InChI is InChI=1S/C40H58N6O8S/c1-28-33(55-27-43-28)30-9-7-29(8-10-30)24-42-35(49)31-6-5-18-46(31)36(50)34(38(2,3)4)45-32(48)25-54-23-22-53-21-20-52-19-17-41-37(51)39-11-14-40(15-12-39,16-13-39)44-26-47/h7-10,26-27,31,34H,5-6,11-25H2,1-4H3,(H,41,51)(H,42,49)(H,44,47)(H,45,48)/t31-,34?,39?,40?/m0/s1. The number of carbonyl (C=O) groups excluding carboxylic acids is 5. The van der Waals surface area contributed by atoms with E-state index in [9.17, 15) is 24.0 Å². The molecule has 55 heavy (non-hydrogen) atoms. The Morgan fingerprint density at radius 1 is 0.945 bits per heavy atom. The summed E-state index contributed by atoms with van der Waals surface area (Å²) in [6.07, 6.45) is 6.93. The summed E-state index contributed by atoms with van der Waals surface area (Å²) in [6.45, 7) is 10.1. The quantitative estimate of drug-likeness (QED) is 0.116. The number of aromatic nitrogens is 1. The largest absolute Gasteiger partial charge is 0.377 e. The third-order valence-corrected chi connectivity index (χ3v) is 12.3. The van der Waals surface area contributed by atoms with Crippen molar-refractivity contribution in [1.82, 2.24) is 31.2 Å². The summed E-state index contributed by atoms with van der Waals surface area (Å²) in [6, 6.07) is 6.57. The van der Waals surface area contributed by atoms with Crippen molar-refractivity contribution >= 4 is 41.4 Å². The summed E-state index contributed by atoms with van der Waals surface area (Å²) in [5.74, 6) is -0.842. The molecule has 3 saturated carbocycles. The van der Waals surface area contributed by atoms with Gasteiger partial charge < -0.3 is 40.4 Å². The molecule has 2 bridgehead atoms. The molecule has 5 amide bonds. The van der Waals surface area contributed by atoms with Gasteiger partial charge in [-0.05, 0) is 74.8 Å². The molecular weight excluding hydrogens is 725 g/mol. The Bertz CT molecular complexity index is 1600. The normalized spacial score (nSPS) is 22.5. The highest BCUT2D eigenvalue weighted by atomic mass is 32.1. The molecule has 2 heterocycles. The van der Waals surface area contributed by atoms with Crippen LogP contribution in [0.25, 0.3) is 10.4 Å². The molecule has 1 aliphatic heterocycles. The van der Waals surface area contributed by atoms with Crippen LogP contribution in [0, 0.1) is 17.8 Å². The molecule has 0 spiro atoms. The Labute approximate surface area is 328 Å². The number of fused-ring (bicyclic) bond motifs is 3. The van der Waals surface area contributed by atoms with Crippen LogP contribution in [0.15, 0.2) is 29.8 Å². The predicted octanol–water partition coefficient (Wildman–Crippen LogP) is 3.26. The zero-order valence-electron chi connectivity index (χ0n) is 32.7. The molecule has 14 nitrogen and oxygen atoms in total. The Hall–Kier alpha value is -3.92. The van der Waals surface area contributed by atoms with Crippen LogP contribution in [0.2, 0.25) is 0 Å². The Kier molecular flexibility index (Phi) is 14.8. The van der Waals surface area contributed by atoms with Crippen LogP contribution < -0.4 is 21.3 Å². The van der Waals surface area contributed by atoms with Crippen LogP contribution in [-0.4, -0.2) is 110 Å². The number of nitrogens with zero attached hydrogens (tertiary/aromatic N) is 2. The summed E-state index contributed by atoms with van der Waals surface area (Å²) < 4.78 is 16.7. The van der Waals surface area contributed by atoms with E-state index >= 15 is 0 Å². The Morgan fingerprint density at radius 2 is 1.60 bits per heavy atom. The zero-order chi connectivity index (χ0) is 39.5. The molecule has 1 unspecified atom stereocenters. The van der Waals surface area contributed by atoms with E-state index in [-0.39, 0.29) is 48.5 Å². The lowest BCUT2D eigenvalue weighted by Crippen LogP contribution is -2.58. The number of ether oxygens (including phenoxy) is 3. The topological polar surface area (TPSA) is 177 Å². The number of amides is 5. The SMILES string of the molecule is Cc1ncsc1-c1ccc(CNC(=O)[C@@H]2CCCN2C(=O)C(NC(=O)COCCOCCOCCNC(=O)C23CCC(NC=O)(CC2)CC3)C(C)(C)C)cc1. The van der Waals surface area contributed by atoms with E-state index in [0.717, 1.165) is 66.6 Å². The van der Waals surface area contributed by atoms with Gasteiger partial charge in [0.25, 0.3) is 0 Å². The minimum Gasteiger partial charge on any atom is -0.377 e. The van der Waals surface area contributed by atoms with Gasteiger partial charge in [0.1, 0.15) is 18.7 Å². The summed E-state index contributed by atoms with van der Waals surface area (Å²) in [7, 11) is 0. The third kappa shape index (κ3) is 11.1. The highest BCUT2D eigenvalue weighted by molar-refractivity contribution is 7.13. The van der Waals surface area contributed by atoms with Crippen LogP contribution in [-0.2, 0) is 44.7 Å². The lowest BCUT2D eigenvalue weighted by Gasteiger charge is -2.52. The van der Waals surface area contributed by atoms with E-state index in [0.29, 0.717) is 52.3 Å². The average molecular weight is 783 g/mol. The molecule has 4 fully saturated rings. The third-order valence-electron chi connectivity index (χ3n) is 11.3. The fraction of sp³-hybridized carbons (Fsp3) is 0.650. The number of benzene rings is 1. The first-order chi connectivity index (χ1) is 26.4. The minimum absolute atomic E-state index is 0.0749. The smallest absolute Gasteiger partial charge is 0.246 e. The van der Waals surface area contributed by atoms with E-state index in [2.05, 4.69) is 26.3 Å². The molecule has 4 aliphatic rings. The van der Waals surface area contributed by atoms with Crippen LogP contribution >= 0.6 is 11.3 Å². The fourth-order valence-electron chi connectivity index (χ4n) is 7.88. The Balaban J connectivity index is 0.940. The first-order valence-electron chi connectivity index (χ1n) is 19.5. The molecule has 15 heteroatoms. The second kappa shape index (κ2) is 19.3. The van der Waals surface area contributed by atoms with Crippen molar-refractivity contribution in [3.05, 3.63) is 41.0 Å². The molecule has 2 atom stereocenters. The average Bonchev–Trinajstić information content (AvgIpc) is 3.85. The van der Waals surface area contributed by atoms with E-state index in [1.165, 1.54) is 0 Å². The van der Waals surface area contributed by atoms with Gasteiger partial charge in [-0.25, -0.2) is 4.98 Å². The van der Waals surface area contributed by atoms with Crippen LogP contribution in [0.3, 0.4) is 0 Å². The van der Waals surface area contributed by atoms with E-state index in [4.69, 9.17) is 14.2 Å². The summed E-state index contributed by atoms with van der Waals surface area (Å²) in [4.78, 5) is 70.9. The first kappa shape index (κ1) is 42.2. The van der Waals surface area contributed by atoms with E-state index < -0.39 is 23.4 Å². The highest BCUT2D eigenvalue weighted by Gasteiger charge is 2.52. The lowest BCUT2D eigenvalue weighted by molar-refractivity contribution is -0.144. The summed E-state index contributed by atoms with van der Waals surface area (Å²) in [5, 5.41) is 11.8. The maximum Gasteiger partial charge on any atom is 0.246 e. The van der Waals surface area contributed by atoms with Crippen LogP contribution in [0.4, 0.5) is 0 Å². The van der Waals surface area contributed by atoms with Gasteiger partial charge in [-0.3, -0.25) is 24.0 Å². The van der Waals surface area contributed by atoms with Crippen molar-refractivity contribution in [2.45, 2.75) is 103 Å². The van der Waals surface area contributed by atoms with Gasteiger partial charge in [0, 0.05) is 30.6 Å². The molecule has 1 aromatic carbocycles. The second-order valence-electron chi connectivity index (χ2n) is 16.1. The zero-order valence-corrected chi connectivity index (χ0v) is 33.5. The van der Waals surface area contributed by atoms with Crippen LogP contribution in [0.5, 0.6) is 0 Å². The van der Waals surface area contributed by atoms with Crippen molar-refractivity contribution in [3.63, 3.8) is 0 Å². The minimum atomic E-state index is -0.840. The molecule has 2 aromatic rings. The highest BCUT2D eigenvalue weighted by Crippen LogP contribution is 2.52. The number of rotatable bonds is 20. The summed E-state index contributed by atoms with van der Waals surface area (Å²) in [5.41, 5.74) is 3.80. The van der Waals surface area contributed by atoms with Gasteiger partial charge in [-0.2, -0.15) is 0 Å². The monoisotopic (exact) mass is 782 g/mol. The Morgan fingerprint density at radius 3 is 2.22 bits per heavy atom. The summed E-state index contributed by atoms with van der Waals surface area (Å²) >= 11 is 1.59. The van der Waals surface area contributed by atoms with E-state index in [1.54, 1.807) is 16.2 Å². The number of carbonyl (C=O) groups is 5. The number of hydrogen-bond acceptors (Lipinski definition) is 10. The molecule has 3 aliphatic carbocycles.